The molecule has 0 aromatic heterocycles. The maximum absolute atomic E-state index is 13.0. The van der Waals surface area contributed by atoms with Crippen LogP contribution in [0.3, 0.4) is 0 Å². The summed E-state index contributed by atoms with van der Waals surface area (Å²) in [5, 5.41) is 17.0. The first-order valence-corrected chi connectivity index (χ1v) is 12.2. The van der Waals surface area contributed by atoms with Crippen LogP contribution in [0.25, 0.3) is 0 Å². The van der Waals surface area contributed by atoms with Crippen LogP contribution in [-0.4, -0.2) is 71.6 Å². The summed E-state index contributed by atoms with van der Waals surface area (Å²) in [6, 6.07) is 6.56. The summed E-state index contributed by atoms with van der Waals surface area (Å²) < 4.78 is 23.5. The predicted molar refractivity (Wildman–Crippen MR) is 112 cm³/mol. The smallest absolute Gasteiger partial charge is 0.270 e. The third-order valence-electron chi connectivity index (χ3n) is 6.12. The number of rotatable bonds is 3. The lowest BCUT2D eigenvalue weighted by atomic mass is 9.84. The van der Waals surface area contributed by atoms with E-state index in [1.54, 1.807) is 29.2 Å². The number of likely N-dealkylation sites (tertiary alicyclic amines) is 1. The molecule has 3 heterocycles. The van der Waals surface area contributed by atoms with Gasteiger partial charge in [0, 0.05) is 31.0 Å². The molecule has 2 amide bonds. The van der Waals surface area contributed by atoms with E-state index in [1.807, 2.05) is 0 Å². The highest BCUT2D eigenvalue weighted by Gasteiger charge is 2.40. The van der Waals surface area contributed by atoms with Gasteiger partial charge in [-0.15, -0.1) is 0 Å². The van der Waals surface area contributed by atoms with Crippen molar-refractivity contribution in [3.63, 3.8) is 0 Å². The average Bonchev–Trinajstić information content (AvgIpc) is 3.08. The second-order valence-corrected chi connectivity index (χ2v) is 10.8. The third-order valence-corrected chi connectivity index (χ3v) is 8.12. The zero-order valence-corrected chi connectivity index (χ0v) is 18.0. The van der Waals surface area contributed by atoms with Crippen LogP contribution < -0.4 is 0 Å². The normalized spacial score (nSPS) is 25.9. The van der Waals surface area contributed by atoms with Crippen LogP contribution in [0.2, 0.25) is 5.02 Å². The number of halogens is 1. The number of carbonyl (C=O) groups excluding carboxylic acids is 2. The Hall–Kier alpha value is -1.97. The van der Waals surface area contributed by atoms with Crippen LogP contribution in [0.15, 0.2) is 29.4 Å². The number of hydrogen-bond acceptors (Lipinski definition) is 6. The summed E-state index contributed by atoms with van der Waals surface area (Å²) in [5.41, 5.74) is 0.0275. The number of piperidine rings is 1. The molecule has 8 nitrogen and oxygen atoms in total. The molecular weight excluding hydrogens is 430 g/mol. The van der Waals surface area contributed by atoms with E-state index >= 15 is 0 Å². The summed E-state index contributed by atoms with van der Waals surface area (Å²) in [6.45, 7) is 0.728. The maximum atomic E-state index is 13.0. The highest BCUT2D eigenvalue weighted by atomic mass is 35.5. The molecule has 0 spiro atoms. The number of sulfone groups is 1. The van der Waals surface area contributed by atoms with Gasteiger partial charge in [0.15, 0.2) is 9.84 Å². The molecule has 162 valence electrons. The third kappa shape index (κ3) is 4.24. The number of aliphatic hydroxyl groups is 1. The summed E-state index contributed by atoms with van der Waals surface area (Å²) in [4.78, 5) is 26.9. The van der Waals surface area contributed by atoms with E-state index < -0.39 is 21.5 Å². The summed E-state index contributed by atoms with van der Waals surface area (Å²) in [7, 11) is -3.16. The van der Waals surface area contributed by atoms with Gasteiger partial charge in [-0.3, -0.25) is 9.59 Å². The van der Waals surface area contributed by atoms with Gasteiger partial charge in [0.05, 0.1) is 23.1 Å². The van der Waals surface area contributed by atoms with Gasteiger partial charge in [-0.05, 0) is 37.0 Å². The quantitative estimate of drug-likeness (QED) is 0.742. The first kappa shape index (κ1) is 21.3. The second-order valence-electron chi connectivity index (χ2n) is 8.17. The molecule has 0 aliphatic carbocycles. The van der Waals surface area contributed by atoms with Crippen LogP contribution in [-0.2, 0) is 25.0 Å². The highest BCUT2D eigenvalue weighted by Crippen LogP contribution is 2.34. The Balaban J connectivity index is 1.44. The zero-order valence-electron chi connectivity index (χ0n) is 16.5. The van der Waals surface area contributed by atoms with Crippen molar-refractivity contribution in [1.29, 1.82) is 0 Å². The fourth-order valence-corrected chi connectivity index (χ4v) is 6.11. The molecule has 1 N–H and O–H groups in total. The van der Waals surface area contributed by atoms with Gasteiger partial charge in [0.1, 0.15) is 5.71 Å². The zero-order chi connectivity index (χ0) is 21.5. The molecule has 30 heavy (non-hydrogen) atoms. The number of hydrazone groups is 1. The number of nitrogens with zero attached hydrogens (tertiary/aromatic N) is 3. The van der Waals surface area contributed by atoms with E-state index in [1.165, 1.54) is 5.01 Å². The lowest BCUT2D eigenvalue weighted by Gasteiger charge is -2.39. The van der Waals surface area contributed by atoms with Gasteiger partial charge in [0.25, 0.3) is 5.91 Å². The molecule has 0 saturated carbocycles. The van der Waals surface area contributed by atoms with Gasteiger partial charge < -0.3 is 10.0 Å². The molecule has 0 radical (unpaired) electrons. The second kappa shape index (κ2) is 7.94. The lowest BCUT2D eigenvalue weighted by molar-refractivity contribution is -0.134. The summed E-state index contributed by atoms with van der Waals surface area (Å²) in [5.74, 6) is -0.576. The molecule has 0 bridgehead atoms. The number of amides is 2. The van der Waals surface area contributed by atoms with Crippen molar-refractivity contribution in [1.82, 2.24) is 9.91 Å². The van der Waals surface area contributed by atoms with Crippen LogP contribution in [0, 0.1) is 0 Å². The molecule has 4 rings (SSSR count). The molecule has 10 heteroatoms. The van der Waals surface area contributed by atoms with Gasteiger partial charge >= 0.3 is 0 Å². The van der Waals surface area contributed by atoms with Crippen molar-refractivity contribution < 1.29 is 23.1 Å². The van der Waals surface area contributed by atoms with Gasteiger partial charge in [-0.1, -0.05) is 23.7 Å². The Morgan fingerprint density at radius 1 is 1.17 bits per heavy atom. The van der Waals surface area contributed by atoms with E-state index in [9.17, 15) is 23.1 Å². The van der Waals surface area contributed by atoms with Crippen LogP contribution in [0.4, 0.5) is 0 Å². The van der Waals surface area contributed by atoms with Gasteiger partial charge in [0.2, 0.25) is 5.91 Å². The van der Waals surface area contributed by atoms with Crippen molar-refractivity contribution in [2.75, 3.05) is 24.6 Å². The molecule has 3 aliphatic heterocycles. The van der Waals surface area contributed by atoms with E-state index in [0.29, 0.717) is 37.4 Å². The van der Waals surface area contributed by atoms with Crippen LogP contribution in [0.1, 0.15) is 37.7 Å². The molecule has 2 fully saturated rings. The van der Waals surface area contributed by atoms with Crippen molar-refractivity contribution >= 4 is 39.0 Å². The highest BCUT2D eigenvalue weighted by molar-refractivity contribution is 7.91. The fourth-order valence-electron chi connectivity index (χ4n) is 4.29. The first-order valence-electron chi connectivity index (χ1n) is 10.0. The lowest BCUT2D eigenvalue weighted by Crippen LogP contribution is -2.49. The van der Waals surface area contributed by atoms with Gasteiger partial charge in [-0.2, -0.15) is 5.10 Å². The van der Waals surface area contributed by atoms with E-state index in [-0.39, 0.29) is 41.9 Å². The van der Waals surface area contributed by atoms with Crippen molar-refractivity contribution in [3.05, 3.63) is 34.9 Å². The molecular formula is C20H24ClN3O5S. The number of benzene rings is 1. The summed E-state index contributed by atoms with van der Waals surface area (Å²) in [6.07, 6.45) is 1.50. The average molecular weight is 454 g/mol. The van der Waals surface area contributed by atoms with Gasteiger partial charge in [-0.25, -0.2) is 13.4 Å². The molecule has 1 aromatic carbocycles. The Morgan fingerprint density at radius 3 is 2.43 bits per heavy atom. The monoisotopic (exact) mass is 453 g/mol. The van der Waals surface area contributed by atoms with Crippen LogP contribution >= 0.6 is 11.6 Å². The predicted octanol–water partition coefficient (Wildman–Crippen LogP) is 1.32. The summed E-state index contributed by atoms with van der Waals surface area (Å²) >= 11 is 5.92. The molecule has 0 unspecified atom stereocenters. The molecule has 1 aromatic rings. The SMILES string of the molecule is O=C(C1=NN([C@@H]2CCS(=O)(=O)C2)C(=O)CC1)N1CCC(O)(c2ccc(Cl)cc2)CC1. The Labute approximate surface area is 180 Å². The van der Waals surface area contributed by atoms with E-state index in [0.717, 1.165) is 5.56 Å². The minimum atomic E-state index is -3.16. The Bertz CT molecular complexity index is 984. The van der Waals surface area contributed by atoms with E-state index in [2.05, 4.69) is 5.10 Å². The first-order chi connectivity index (χ1) is 14.2. The van der Waals surface area contributed by atoms with Crippen molar-refractivity contribution in [2.45, 2.75) is 43.7 Å². The Kier molecular flexibility index (Phi) is 5.63. The number of hydrogen-bond donors (Lipinski definition) is 1. The maximum Gasteiger partial charge on any atom is 0.270 e. The van der Waals surface area contributed by atoms with Crippen molar-refractivity contribution in [2.24, 2.45) is 5.10 Å². The minimum Gasteiger partial charge on any atom is -0.385 e. The van der Waals surface area contributed by atoms with Crippen LogP contribution in [0.5, 0.6) is 0 Å². The largest absolute Gasteiger partial charge is 0.385 e. The Morgan fingerprint density at radius 2 is 1.83 bits per heavy atom. The number of carbonyl (C=O) groups is 2. The standard InChI is InChI=1S/C20H24ClN3O5S/c21-15-3-1-14(2-4-15)20(27)8-10-23(11-9-20)19(26)17-5-6-18(25)24(22-17)16-7-12-30(28,29)13-16/h1-4,16,27H,5-13H2/t16-/m1/s1. The fraction of sp³-hybridized carbons (Fsp3) is 0.550. The molecule has 2 saturated heterocycles. The topological polar surface area (TPSA) is 107 Å². The minimum absolute atomic E-state index is 0.0374. The van der Waals surface area contributed by atoms with Crippen molar-refractivity contribution in [3.8, 4) is 0 Å². The molecule has 3 aliphatic rings. The van der Waals surface area contributed by atoms with E-state index in [4.69, 9.17) is 11.6 Å². The molecule has 1 atom stereocenters.